The van der Waals surface area contributed by atoms with Gasteiger partial charge >= 0.3 is 0 Å². The van der Waals surface area contributed by atoms with Crippen LogP contribution in [0.25, 0.3) is 0 Å². The molecule has 0 heterocycles. The van der Waals surface area contributed by atoms with Crippen LogP contribution in [0.15, 0.2) is 0 Å². The Morgan fingerprint density at radius 3 is 2.80 bits per heavy atom. The second-order valence-corrected chi connectivity index (χ2v) is 6.43. The molecule has 2 nitrogen and oxygen atoms in total. The van der Waals surface area contributed by atoms with Crippen LogP contribution in [-0.4, -0.2) is 28.3 Å². The fraction of sp³-hybridized carbons (Fsp3) is 1.00. The number of nitrogens with two attached hydrogens (primary N) is 1. The summed E-state index contributed by atoms with van der Waals surface area (Å²) in [4.78, 5) is 0. The Morgan fingerprint density at radius 1 is 1.47 bits per heavy atom. The Balaban J connectivity index is 2.36. The topological polar surface area (TPSA) is 46.2 Å². The molecule has 0 aromatic rings. The van der Waals surface area contributed by atoms with Crippen molar-refractivity contribution in [1.29, 1.82) is 0 Å². The molecule has 0 bridgehead atoms. The number of hydrogen-bond acceptors (Lipinski definition) is 3. The van der Waals surface area contributed by atoms with E-state index in [-0.39, 0.29) is 0 Å². The molecule has 1 fully saturated rings. The monoisotopic (exact) mass is 231 g/mol. The van der Waals surface area contributed by atoms with Gasteiger partial charge in [-0.25, -0.2) is 0 Å². The van der Waals surface area contributed by atoms with Crippen molar-refractivity contribution < 1.29 is 5.11 Å². The van der Waals surface area contributed by atoms with Gasteiger partial charge in [0.1, 0.15) is 0 Å². The largest absolute Gasteiger partial charge is 0.396 e. The molecule has 0 aromatic heterocycles. The van der Waals surface area contributed by atoms with Crippen LogP contribution in [0.2, 0.25) is 0 Å². The van der Waals surface area contributed by atoms with Crippen LogP contribution < -0.4 is 5.73 Å². The first-order chi connectivity index (χ1) is 7.17. The van der Waals surface area contributed by atoms with E-state index in [1.54, 1.807) is 0 Å². The second kappa shape index (κ2) is 6.77. The van der Waals surface area contributed by atoms with E-state index in [2.05, 4.69) is 13.8 Å². The third-order valence-electron chi connectivity index (χ3n) is 3.47. The molecular weight excluding hydrogens is 206 g/mol. The average molecular weight is 231 g/mol. The molecule has 90 valence electrons. The number of thioether (sulfide) groups is 1. The Kier molecular flexibility index (Phi) is 6.02. The highest BCUT2D eigenvalue weighted by molar-refractivity contribution is 8.00. The van der Waals surface area contributed by atoms with E-state index in [1.165, 1.54) is 25.7 Å². The lowest BCUT2D eigenvalue weighted by Crippen LogP contribution is -2.39. The van der Waals surface area contributed by atoms with Gasteiger partial charge in [-0.05, 0) is 31.6 Å². The predicted molar refractivity (Wildman–Crippen MR) is 68.2 cm³/mol. The Labute approximate surface area is 98.0 Å². The van der Waals surface area contributed by atoms with Gasteiger partial charge in [0.05, 0.1) is 0 Å². The maximum absolute atomic E-state index is 8.89. The van der Waals surface area contributed by atoms with Crippen LogP contribution in [0.1, 0.15) is 46.0 Å². The highest BCUT2D eigenvalue weighted by Gasteiger charge is 2.28. The summed E-state index contributed by atoms with van der Waals surface area (Å²) in [5.41, 5.74) is 6.16. The standard InChI is InChI=1S/C12H25NOS/c1-3-10-4-5-11(13)12(8-10)15-9(2)6-7-14/h9-12,14H,3-8,13H2,1-2H3. The fourth-order valence-corrected chi connectivity index (χ4v) is 3.87. The number of hydrogen-bond donors (Lipinski definition) is 2. The van der Waals surface area contributed by atoms with Crippen LogP contribution in [0.3, 0.4) is 0 Å². The number of aliphatic hydroxyl groups is 1. The van der Waals surface area contributed by atoms with Gasteiger partial charge in [-0.2, -0.15) is 11.8 Å². The zero-order chi connectivity index (χ0) is 11.3. The van der Waals surface area contributed by atoms with Gasteiger partial charge < -0.3 is 10.8 Å². The summed E-state index contributed by atoms with van der Waals surface area (Å²) >= 11 is 1.99. The molecule has 0 spiro atoms. The summed E-state index contributed by atoms with van der Waals surface area (Å²) in [5, 5.41) is 10.0. The third kappa shape index (κ3) is 4.33. The maximum atomic E-state index is 8.89. The van der Waals surface area contributed by atoms with E-state index in [0.29, 0.717) is 23.1 Å². The van der Waals surface area contributed by atoms with E-state index in [9.17, 15) is 0 Å². The van der Waals surface area contributed by atoms with Crippen LogP contribution in [0.5, 0.6) is 0 Å². The van der Waals surface area contributed by atoms with Gasteiger partial charge in [0, 0.05) is 23.1 Å². The minimum atomic E-state index is 0.299. The first-order valence-corrected chi connectivity index (χ1v) is 7.13. The number of aliphatic hydroxyl groups excluding tert-OH is 1. The van der Waals surface area contributed by atoms with Crippen molar-refractivity contribution in [3.63, 3.8) is 0 Å². The average Bonchev–Trinajstić information content (AvgIpc) is 2.21. The smallest absolute Gasteiger partial charge is 0.0441 e. The lowest BCUT2D eigenvalue weighted by molar-refractivity contribution is 0.288. The predicted octanol–water partition coefficient (Wildman–Crippen LogP) is 2.40. The quantitative estimate of drug-likeness (QED) is 0.764. The Morgan fingerprint density at radius 2 is 2.20 bits per heavy atom. The molecule has 1 saturated carbocycles. The first kappa shape index (κ1) is 13.3. The van der Waals surface area contributed by atoms with E-state index < -0.39 is 0 Å². The normalized spacial score (nSPS) is 34.0. The van der Waals surface area contributed by atoms with Gasteiger partial charge in [0.25, 0.3) is 0 Å². The van der Waals surface area contributed by atoms with Crippen molar-refractivity contribution in [1.82, 2.24) is 0 Å². The summed E-state index contributed by atoms with van der Waals surface area (Å²) in [6.07, 6.45) is 5.95. The van der Waals surface area contributed by atoms with E-state index in [0.717, 1.165) is 12.3 Å². The van der Waals surface area contributed by atoms with Crippen molar-refractivity contribution in [2.75, 3.05) is 6.61 Å². The number of rotatable bonds is 5. The van der Waals surface area contributed by atoms with Crippen LogP contribution >= 0.6 is 11.8 Å². The minimum absolute atomic E-state index is 0.299. The molecule has 15 heavy (non-hydrogen) atoms. The molecule has 1 aliphatic rings. The molecule has 3 heteroatoms. The van der Waals surface area contributed by atoms with E-state index in [1.807, 2.05) is 11.8 Å². The zero-order valence-electron chi connectivity index (χ0n) is 9.98. The van der Waals surface area contributed by atoms with Gasteiger partial charge in [0.15, 0.2) is 0 Å². The first-order valence-electron chi connectivity index (χ1n) is 6.19. The van der Waals surface area contributed by atoms with Crippen LogP contribution in [0.4, 0.5) is 0 Å². The van der Waals surface area contributed by atoms with Crippen molar-refractivity contribution >= 4 is 11.8 Å². The lowest BCUT2D eigenvalue weighted by atomic mass is 9.84. The van der Waals surface area contributed by atoms with Crippen LogP contribution in [-0.2, 0) is 0 Å². The molecule has 0 radical (unpaired) electrons. The van der Waals surface area contributed by atoms with Gasteiger partial charge in [-0.1, -0.05) is 20.3 Å². The molecule has 3 N–H and O–H groups in total. The van der Waals surface area contributed by atoms with Gasteiger partial charge in [-0.3, -0.25) is 0 Å². The van der Waals surface area contributed by atoms with Crippen LogP contribution in [0, 0.1) is 5.92 Å². The molecule has 0 aromatic carbocycles. The lowest BCUT2D eigenvalue weighted by Gasteiger charge is -2.34. The molecule has 0 aliphatic heterocycles. The summed E-state index contributed by atoms with van der Waals surface area (Å²) in [6, 6.07) is 0.374. The van der Waals surface area contributed by atoms with Crippen molar-refractivity contribution in [3.05, 3.63) is 0 Å². The Hall–Kier alpha value is 0.270. The maximum Gasteiger partial charge on any atom is 0.0441 e. The molecule has 0 saturated heterocycles. The fourth-order valence-electron chi connectivity index (χ4n) is 2.31. The SMILES string of the molecule is CCC1CCC(N)C(SC(C)CCO)C1. The third-order valence-corrected chi connectivity index (χ3v) is 5.06. The molecule has 4 atom stereocenters. The molecule has 0 amide bonds. The highest BCUT2D eigenvalue weighted by atomic mass is 32.2. The highest BCUT2D eigenvalue weighted by Crippen LogP contribution is 2.35. The summed E-state index contributed by atoms with van der Waals surface area (Å²) < 4.78 is 0. The summed E-state index contributed by atoms with van der Waals surface area (Å²) in [6.45, 7) is 4.77. The van der Waals surface area contributed by atoms with E-state index in [4.69, 9.17) is 10.8 Å². The van der Waals surface area contributed by atoms with Crippen molar-refractivity contribution in [3.8, 4) is 0 Å². The molecule has 1 aliphatic carbocycles. The van der Waals surface area contributed by atoms with Gasteiger partial charge in [-0.15, -0.1) is 0 Å². The molecule has 4 unspecified atom stereocenters. The summed E-state index contributed by atoms with van der Waals surface area (Å²) in [7, 11) is 0. The van der Waals surface area contributed by atoms with Gasteiger partial charge in [0.2, 0.25) is 0 Å². The minimum Gasteiger partial charge on any atom is -0.396 e. The summed E-state index contributed by atoms with van der Waals surface area (Å²) in [5.74, 6) is 0.878. The Bertz CT molecular complexity index is 177. The molecular formula is C12H25NOS. The second-order valence-electron chi connectivity index (χ2n) is 4.75. The molecule has 1 rings (SSSR count). The zero-order valence-corrected chi connectivity index (χ0v) is 10.8. The van der Waals surface area contributed by atoms with Crippen molar-refractivity contribution in [2.24, 2.45) is 11.7 Å². The van der Waals surface area contributed by atoms with E-state index >= 15 is 0 Å². The van der Waals surface area contributed by atoms with Crippen molar-refractivity contribution in [2.45, 2.75) is 62.5 Å².